The topological polar surface area (TPSA) is 92.9 Å². The van der Waals surface area contributed by atoms with Gasteiger partial charge in [0.2, 0.25) is 0 Å². The third-order valence-electron chi connectivity index (χ3n) is 4.28. The molecule has 0 radical (unpaired) electrons. The number of fused-ring (bicyclic) bond motifs is 1. The summed E-state index contributed by atoms with van der Waals surface area (Å²) in [4.78, 5) is 25.9. The van der Waals surface area contributed by atoms with E-state index in [1.165, 1.54) is 4.90 Å². The highest BCUT2D eigenvalue weighted by Crippen LogP contribution is 2.42. The second-order valence-electron chi connectivity index (χ2n) is 5.47. The molecule has 0 aromatic heterocycles. The number of carbonyl (C=O) groups excluding carboxylic acids is 1. The number of nitrogens with two attached hydrogens (primary N) is 1. The summed E-state index contributed by atoms with van der Waals surface area (Å²) in [5.41, 5.74) is 5.66. The Morgan fingerprint density at radius 1 is 1.36 bits per heavy atom. The van der Waals surface area contributed by atoms with Gasteiger partial charge in [0, 0.05) is 5.69 Å². The summed E-state index contributed by atoms with van der Waals surface area (Å²) in [6.45, 7) is 5.47. The summed E-state index contributed by atoms with van der Waals surface area (Å²) in [7, 11) is 0. The Labute approximate surface area is 129 Å². The standard InChI is InChI=1S/C16H22N2O4/c1-4-11(14(19)20)18-12-9-10(17)7-8-13(12)22-16(5-2,6-3)15(18)21/h7-9,11H,4-6,17H2,1-3H3,(H,19,20). The van der Waals surface area contributed by atoms with E-state index in [9.17, 15) is 14.7 Å². The van der Waals surface area contributed by atoms with E-state index in [-0.39, 0.29) is 5.91 Å². The van der Waals surface area contributed by atoms with E-state index in [0.29, 0.717) is 36.4 Å². The van der Waals surface area contributed by atoms with Gasteiger partial charge in [-0.25, -0.2) is 4.79 Å². The Hall–Kier alpha value is -2.24. The van der Waals surface area contributed by atoms with Crippen LogP contribution in [-0.2, 0) is 9.59 Å². The Morgan fingerprint density at radius 2 is 2.00 bits per heavy atom. The third-order valence-corrected chi connectivity index (χ3v) is 4.28. The molecule has 1 heterocycles. The van der Waals surface area contributed by atoms with Crippen LogP contribution in [-0.4, -0.2) is 28.6 Å². The molecule has 6 nitrogen and oxygen atoms in total. The number of carboxylic acids is 1. The Bertz CT molecular complexity index is 596. The first-order chi connectivity index (χ1) is 10.4. The van der Waals surface area contributed by atoms with Gasteiger partial charge in [0.25, 0.3) is 5.91 Å². The van der Waals surface area contributed by atoms with Crippen LogP contribution in [0.5, 0.6) is 5.75 Å². The SMILES string of the molecule is CCC(C(=O)O)N1C(=O)C(CC)(CC)Oc2ccc(N)cc21. The maximum atomic E-state index is 13.0. The van der Waals surface area contributed by atoms with Gasteiger partial charge in [-0.3, -0.25) is 9.69 Å². The number of carbonyl (C=O) groups is 2. The predicted molar refractivity (Wildman–Crippen MR) is 84.0 cm³/mol. The lowest BCUT2D eigenvalue weighted by Gasteiger charge is -2.43. The van der Waals surface area contributed by atoms with Crippen LogP contribution >= 0.6 is 0 Å². The molecule has 1 amide bonds. The first-order valence-corrected chi connectivity index (χ1v) is 7.55. The molecule has 120 valence electrons. The van der Waals surface area contributed by atoms with Crippen molar-refractivity contribution in [1.29, 1.82) is 0 Å². The quantitative estimate of drug-likeness (QED) is 0.815. The number of hydrogen-bond acceptors (Lipinski definition) is 4. The molecule has 1 aliphatic rings. The molecule has 1 aromatic rings. The van der Waals surface area contributed by atoms with Gasteiger partial charge < -0.3 is 15.6 Å². The van der Waals surface area contributed by atoms with Gasteiger partial charge in [-0.1, -0.05) is 20.8 Å². The average Bonchev–Trinajstić information content (AvgIpc) is 2.50. The molecule has 1 aromatic carbocycles. The molecular formula is C16H22N2O4. The second kappa shape index (κ2) is 5.87. The lowest BCUT2D eigenvalue weighted by atomic mass is 9.91. The van der Waals surface area contributed by atoms with E-state index in [1.807, 2.05) is 13.8 Å². The van der Waals surface area contributed by atoms with E-state index >= 15 is 0 Å². The number of carboxylic acid groups (broad SMARTS) is 1. The number of hydrogen-bond donors (Lipinski definition) is 2. The van der Waals surface area contributed by atoms with Crippen LogP contribution in [0.25, 0.3) is 0 Å². The van der Waals surface area contributed by atoms with E-state index in [4.69, 9.17) is 10.5 Å². The van der Waals surface area contributed by atoms with Gasteiger partial charge in [-0.05, 0) is 37.5 Å². The molecule has 1 unspecified atom stereocenters. The van der Waals surface area contributed by atoms with Gasteiger partial charge in [0.05, 0.1) is 5.69 Å². The molecule has 0 spiro atoms. The lowest BCUT2D eigenvalue weighted by molar-refractivity contribution is -0.144. The molecule has 22 heavy (non-hydrogen) atoms. The number of aliphatic carboxylic acids is 1. The van der Waals surface area contributed by atoms with Crippen LogP contribution < -0.4 is 15.4 Å². The summed E-state index contributed by atoms with van der Waals surface area (Å²) in [6, 6.07) is 4.03. The molecule has 0 aliphatic carbocycles. The maximum Gasteiger partial charge on any atom is 0.326 e. The average molecular weight is 306 g/mol. The Kier molecular flexibility index (Phi) is 4.30. The Balaban J connectivity index is 2.65. The van der Waals surface area contributed by atoms with Crippen molar-refractivity contribution in [3.63, 3.8) is 0 Å². The van der Waals surface area contributed by atoms with Gasteiger partial charge in [-0.15, -0.1) is 0 Å². The molecule has 1 aliphatic heterocycles. The van der Waals surface area contributed by atoms with Crippen LogP contribution in [0.15, 0.2) is 18.2 Å². The van der Waals surface area contributed by atoms with Crippen LogP contribution in [0, 0.1) is 0 Å². The zero-order chi connectivity index (χ0) is 16.5. The predicted octanol–water partition coefficient (Wildman–Crippen LogP) is 2.42. The minimum Gasteiger partial charge on any atom is -0.480 e. The molecule has 1 atom stereocenters. The number of benzene rings is 1. The van der Waals surface area contributed by atoms with E-state index in [2.05, 4.69) is 0 Å². The number of rotatable bonds is 5. The first kappa shape index (κ1) is 16.1. The first-order valence-electron chi connectivity index (χ1n) is 7.55. The largest absolute Gasteiger partial charge is 0.480 e. The van der Waals surface area contributed by atoms with Crippen molar-refractivity contribution in [2.75, 3.05) is 10.6 Å². The summed E-state index contributed by atoms with van der Waals surface area (Å²) in [5.74, 6) is -0.853. The van der Waals surface area contributed by atoms with E-state index in [1.54, 1.807) is 25.1 Å². The smallest absolute Gasteiger partial charge is 0.326 e. The lowest BCUT2D eigenvalue weighted by Crippen LogP contribution is -2.60. The van der Waals surface area contributed by atoms with Crippen LogP contribution in [0.4, 0.5) is 11.4 Å². The van der Waals surface area contributed by atoms with Gasteiger partial charge in [-0.2, -0.15) is 0 Å². The number of amides is 1. The van der Waals surface area contributed by atoms with E-state index in [0.717, 1.165) is 0 Å². The van der Waals surface area contributed by atoms with Crippen LogP contribution in [0.3, 0.4) is 0 Å². The van der Waals surface area contributed by atoms with Gasteiger partial charge >= 0.3 is 5.97 Å². The van der Waals surface area contributed by atoms with Gasteiger partial charge in [0.15, 0.2) is 5.60 Å². The fourth-order valence-corrected chi connectivity index (χ4v) is 2.87. The molecule has 0 saturated heterocycles. The molecule has 3 N–H and O–H groups in total. The fourth-order valence-electron chi connectivity index (χ4n) is 2.87. The van der Waals surface area contributed by atoms with Crippen molar-refractivity contribution in [3.05, 3.63) is 18.2 Å². The minimum atomic E-state index is -1.03. The molecule has 0 saturated carbocycles. The highest BCUT2D eigenvalue weighted by atomic mass is 16.5. The molecule has 0 fully saturated rings. The maximum absolute atomic E-state index is 13.0. The van der Waals surface area contributed by atoms with Gasteiger partial charge in [0.1, 0.15) is 11.8 Å². The van der Waals surface area contributed by atoms with E-state index < -0.39 is 17.6 Å². The summed E-state index contributed by atoms with van der Waals surface area (Å²) in [6.07, 6.45) is 1.25. The number of nitrogen functional groups attached to an aromatic ring is 1. The zero-order valence-electron chi connectivity index (χ0n) is 13.1. The minimum absolute atomic E-state index is 0.304. The highest BCUT2D eigenvalue weighted by Gasteiger charge is 2.49. The van der Waals surface area contributed by atoms with Crippen molar-refractivity contribution >= 4 is 23.3 Å². The summed E-state index contributed by atoms with van der Waals surface area (Å²) < 4.78 is 5.95. The fraction of sp³-hybridized carbons (Fsp3) is 0.500. The highest BCUT2D eigenvalue weighted by molar-refractivity contribution is 6.06. The van der Waals surface area contributed by atoms with Crippen molar-refractivity contribution in [2.45, 2.75) is 51.7 Å². The summed E-state index contributed by atoms with van der Waals surface area (Å²) in [5, 5.41) is 9.49. The summed E-state index contributed by atoms with van der Waals surface area (Å²) >= 11 is 0. The number of ether oxygens (including phenoxy) is 1. The molecular weight excluding hydrogens is 284 g/mol. The Morgan fingerprint density at radius 3 is 2.50 bits per heavy atom. The van der Waals surface area contributed by atoms with Crippen molar-refractivity contribution in [2.24, 2.45) is 0 Å². The number of anilines is 2. The van der Waals surface area contributed by atoms with Crippen molar-refractivity contribution < 1.29 is 19.4 Å². The molecule has 6 heteroatoms. The normalized spacial score (nSPS) is 17.6. The molecule has 0 bridgehead atoms. The monoisotopic (exact) mass is 306 g/mol. The molecule has 2 rings (SSSR count). The third kappa shape index (κ3) is 2.38. The van der Waals surface area contributed by atoms with Crippen molar-refractivity contribution in [3.8, 4) is 5.75 Å². The van der Waals surface area contributed by atoms with Crippen LogP contribution in [0.1, 0.15) is 40.0 Å². The number of nitrogens with zero attached hydrogens (tertiary/aromatic N) is 1. The van der Waals surface area contributed by atoms with Crippen molar-refractivity contribution in [1.82, 2.24) is 0 Å². The zero-order valence-corrected chi connectivity index (χ0v) is 13.1. The van der Waals surface area contributed by atoms with Crippen LogP contribution in [0.2, 0.25) is 0 Å². The second-order valence-corrected chi connectivity index (χ2v) is 5.47.